The quantitative estimate of drug-likeness (QED) is 0.404. The molecule has 1 aliphatic heterocycles. The van der Waals surface area contributed by atoms with Crippen molar-refractivity contribution < 1.29 is 14.7 Å². The number of carboxylic acid groups (broad SMARTS) is 1. The number of carbonyl (C=O) groups is 2. The number of hydrogen-bond donors (Lipinski definition) is 1. The molecule has 4 nitrogen and oxygen atoms in total. The van der Waals surface area contributed by atoms with E-state index in [-0.39, 0.29) is 17.7 Å². The average molecular weight is 537 g/mol. The molecule has 0 aromatic heterocycles. The Morgan fingerprint density at radius 3 is 2.43 bits per heavy atom. The molecule has 2 aromatic carbocycles. The Bertz CT molecular complexity index is 1210. The number of carbonyl (C=O) groups excluding carboxylic acids is 1. The van der Waals surface area contributed by atoms with Crippen LogP contribution in [0.25, 0.3) is 0 Å². The molecule has 0 saturated heterocycles. The zero-order valence-electron chi connectivity index (χ0n) is 20.8. The van der Waals surface area contributed by atoms with E-state index in [0.29, 0.717) is 64.1 Å². The van der Waals surface area contributed by atoms with Gasteiger partial charge in [-0.15, -0.1) is 0 Å². The average Bonchev–Trinajstić information content (AvgIpc) is 2.86. The van der Waals surface area contributed by atoms with Crippen LogP contribution in [0.15, 0.2) is 24.3 Å². The van der Waals surface area contributed by atoms with Gasteiger partial charge in [-0.25, -0.2) is 0 Å². The van der Waals surface area contributed by atoms with Gasteiger partial charge in [-0.1, -0.05) is 91.8 Å². The number of carboxylic acids is 1. The third-order valence-electron chi connectivity index (χ3n) is 8.28. The molecule has 3 atom stereocenters. The summed E-state index contributed by atoms with van der Waals surface area (Å²) >= 11 is 20.7. The second-order valence-corrected chi connectivity index (χ2v) is 12.1. The summed E-state index contributed by atoms with van der Waals surface area (Å²) in [7, 11) is 0. The molecule has 35 heavy (non-hydrogen) atoms. The summed E-state index contributed by atoms with van der Waals surface area (Å²) in [6, 6.07) is 8.01. The molecule has 1 N–H and O–H groups in total. The fourth-order valence-electron chi connectivity index (χ4n) is 6.38. The van der Waals surface area contributed by atoms with Crippen LogP contribution in [0.2, 0.25) is 15.1 Å². The largest absolute Gasteiger partial charge is 0.481 e. The Balaban J connectivity index is 2.02. The third-order valence-corrected chi connectivity index (χ3v) is 9.54. The summed E-state index contributed by atoms with van der Waals surface area (Å²) in [4.78, 5) is 28.7. The SMILES string of the molecule is Cc1cccc(CN2C[C@H]3[C@](C)(C(=O)O)CCC[C@]3(C)c3c(Cl)c(Cl)c(C(C)C)c(Cl)c3C2=O)c1. The van der Waals surface area contributed by atoms with Crippen LogP contribution in [0.4, 0.5) is 0 Å². The fourth-order valence-corrected chi connectivity index (χ4v) is 7.74. The number of benzene rings is 2. The van der Waals surface area contributed by atoms with E-state index in [1.54, 1.807) is 11.8 Å². The van der Waals surface area contributed by atoms with Gasteiger partial charge in [0.2, 0.25) is 0 Å². The van der Waals surface area contributed by atoms with Crippen LogP contribution in [-0.4, -0.2) is 28.4 Å². The zero-order valence-corrected chi connectivity index (χ0v) is 23.1. The first-order chi connectivity index (χ1) is 16.3. The smallest absolute Gasteiger partial charge is 0.309 e. The van der Waals surface area contributed by atoms with E-state index < -0.39 is 16.8 Å². The first-order valence-electron chi connectivity index (χ1n) is 12.1. The number of hydrogen-bond acceptors (Lipinski definition) is 2. The van der Waals surface area contributed by atoms with Crippen molar-refractivity contribution in [1.82, 2.24) is 4.90 Å². The Hall–Kier alpha value is -1.75. The molecule has 0 unspecified atom stereocenters. The van der Waals surface area contributed by atoms with Gasteiger partial charge in [-0.2, -0.15) is 0 Å². The maximum atomic E-state index is 14.2. The van der Waals surface area contributed by atoms with Crippen molar-refractivity contribution in [3.63, 3.8) is 0 Å². The van der Waals surface area contributed by atoms with Gasteiger partial charge in [0.1, 0.15) is 0 Å². The molecule has 1 saturated carbocycles. The number of aliphatic carboxylic acids is 1. The van der Waals surface area contributed by atoms with E-state index in [9.17, 15) is 14.7 Å². The van der Waals surface area contributed by atoms with Crippen molar-refractivity contribution in [3.8, 4) is 0 Å². The fraction of sp³-hybridized carbons (Fsp3) is 0.500. The van der Waals surface area contributed by atoms with Crippen molar-refractivity contribution in [1.29, 1.82) is 0 Å². The van der Waals surface area contributed by atoms with Gasteiger partial charge in [0, 0.05) is 24.4 Å². The first kappa shape index (κ1) is 26.3. The number of aryl methyl sites for hydroxylation is 1. The maximum Gasteiger partial charge on any atom is 0.309 e. The molecule has 2 aromatic rings. The molecule has 7 heteroatoms. The van der Waals surface area contributed by atoms with Gasteiger partial charge < -0.3 is 10.0 Å². The number of amides is 1. The summed E-state index contributed by atoms with van der Waals surface area (Å²) in [6.07, 6.45) is 1.94. The summed E-state index contributed by atoms with van der Waals surface area (Å²) in [5.74, 6) is -1.49. The number of rotatable bonds is 4. The molecule has 4 rings (SSSR count). The van der Waals surface area contributed by atoms with Crippen LogP contribution in [0.1, 0.15) is 85.5 Å². The predicted octanol–water partition coefficient (Wildman–Crippen LogP) is 7.88. The molecule has 1 fully saturated rings. The molecule has 188 valence electrons. The number of halogens is 3. The van der Waals surface area contributed by atoms with E-state index >= 15 is 0 Å². The number of fused-ring (bicyclic) bond motifs is 3. The van der Waals surface area contributed by atoms with Gasteiger partial charge >= 0.3 is 5.97 Å². The highest BCUT2D eigenvalue weighted by Gasteiger charge is 2.58. The van der Waals surface area contributed by atoms with Crippen molar-refractivity contribution >= 4 is 46.7 Å². The maximum absolute atomic E-state index is 14.2. The molecule has 2 aliphatic rings. The highest BCUT2D eigenvalue weighted by Crippen LogP contribution is 2.58. The lowest BCUT2D eigenvalue weighted by Crippen LogP contribution is -2.53. The summed E-state index contributed by atoms with van der Waals surface area (Å²) in [6.45, 7) is 10.4. The minimum Gasteiger partial charge on any atom is -0.481 e. The normalized spacial score (nSPS) is 26.4. The topological polar surface area (TPSA) is 57.6 Å². The van der Waals surface area contributed by atoms with E-state index in [1.165, 1.54) is 0 Å². The van der Waals surface area contributed by atoms with E-state index in [4.69, 9.17) is 34.8 Å². The van der Waals surface area contributed by atoms with Gasteiger partial charge in [0.25, 0.3) is 5.91 Å². The summed E-state index contributed by atoms with van der Waals surface area (Å²) in [5, 5.41) is 11.4. The van der Waals surface area contributed by atoms with E-state index in [0.717, 1.165) is 11.1 Å². The Morgan fingerprint density at radius 2 is 1.83 bits per heavy atom. The van der Waals surface area contributed by atoms with E-state index in [1.807, 2.05) is 52.0 Å². The van der Waals surface area contributed by atoms with Crippen LogP contribution in [-0.2, 0) is 16.8 Å². The minimum atomic E-state index is -1.03. The van der Waals surface area contributed by atoms with Gasteiger partial charge in [0.15, 0.2) is 0 Å². The lowest BCUT2D eigenvalue weighted by molar-refractivity contribution is -0.157. The van der Waals surface area contributed by atoms with Crippen LogP contribution >= 0.6 is 34.8 Å². The van der Waals surface area contributed by atoms with Crippen LogP contribution < -0.4 is 0 Å². The Labute approximate surface area is 222 Å². The van der Waals surface area contributed by atoms with Gasteiger partial charge in [-0.3, -0.25) is 9.59 Å². The lowest BCUT2D eigenvalue weighted by Gasteiger charge is -2.50. The number of nitrogens with zero attached hydrogens (tertiary/aromatic N) is 1. The zero-order chi connectivity index (χ0) is 25.9. The third kappa shape index (κ3) is 4.16. The molecule has 1 aliphatic carbocycles. The lowest BCUT2D eigenvalue weighted by atomic mass is 9.53. The molecule has 1 heterocycles. The van der Waals surface area contributed by atoms with E-state index in [2.05, 4.69) is 0 Å². The monoisotopic (exact) mass is 535 g/mol. The molecular formula is C28H32Cl3NO3. The van der Waals surface area contributed by atoms with Crippen molar-refractivity contribution in [2.75, 3.05) is 6.54 Å². The highest BCUT2D eigenvalue weighted by molar-refractivity contribution is 6.46. The van der Waals surface area contributed by atoms with Gasteiger partial charge in [-0.05, 0) is 49.3 Å². The minimum absolute atomic E-state index is 0.0432. The molecule has 1 amide bonds. The molecule has 0 spiro atoms. The summed E-state index contributed by atoms with van der Waals surface area (Å²) < 4.78 is 0. The van der Waals surface area contributed by atoms with Crippen molar-refractivity contribution in [2.24, 2.45) is 11.3 Å². The Morgan fingerprint density at radius 1 is 1.14 bits per heavy atom. The second-order valence-electron chi connectivity index (χ2n) is 11.0. The van der Waals surface area contributed by atoms with Gasteiger partial charge in [0.05, 0.1) is 26.0 Å². The van der Waals surface area contributed by atoms with Crippen molar-refractivity contribution in [2.45, 2.75) is 71.8 Å². The van der Waals surface area contributed by atoms with Crippen LogP contribution in [0.3, 0.4) is 0 Å². The summed E-state index contributed by atoms with van der Waals surface area (Å²) in [5.41, 5.74) is 2.00. The first-order valence-corrected chi connectivity index (χ1v) is 13.2. The van der Waals surface area contributed by atoms with Crippen molar-refractivity contribution in [3.05, 3.63) is 67.2 Å². The highest BCUT2D eigenvalue weighted by atomic mass is 35.5. The van der Waals surface area contributed by atoms with Crippen LogP contribution in [0.5, 0.6) is 0 Å². The standard InChI is InChI=1S/C28H32Cl3NO3/c1-15(2)19-22(29)20-21(24(31)23(19)30)27(4)10-7-11-28(5,26(34)35)18(27)14-32(25(20)33)13-17-9-6-8-16(3)12-17/h6,8-9,12,15,18H,7,10-11,13-14H2,1-5H3,(H,34,35)/t18-,27+,28-/m1/s1. The second kappa shape index (κ2) is 9.28. The van der Waals surface area contributed by atoms with Crippen LogP contribution in [0, 0.1) is 18.3 Å². The Kier molecular flexibility index (Phi) is 6.98. The molecular weight excluding hydrogens is 505 g/mol. The molecule has 0 radical (unpaired) electrons. The molecule has 0 bridgehead atoms. The predicted molar refractivity (Wildman–Crippen MR) is 142 cm³/mol.